The van der Waals surface area contributed by atoms with E-state index in [0.717, 1.165) is 6.54 Å². The van der Waals surface area contributed by atoms with Crippen LogP contribution in [0.1, 0.15) is 0 Å². The molecular formula is C9H12BN3O3. The summed E-state index contributed by atoms with van der Waals surface area (Å²) < 4.78 is 0. The van der Waals surface area contributed by atoms with Crippen molar-refractivity contribution in [1.29, 1.82) is 0 Å². The van der Waals surface area contributed by atoms with Gasteiger partial charge in [0.05, 0.1) is 6.54 Å². The number of amides is 1. The Kier molecular flexibility index (Phi) is 3.18. The van der Waals surface area contributed by atoms with Crippen molar-refractivity contribution in [2.24, 2.45) is 0 Å². The third kappa shape index (κ3) is 2.21. The van der Waals surface area contributed by atoms with Crippen molar-refractivity contribution in [3.05, 3.63) is 18.3 Å². The van der Waals surface area contributed by atoms with Gasteiger partial charge in [0, 0.05) is 24.7 Å². The molecule has 0 aromatic carbocycles. The van der Waals surface area contributed by atoms with E-state index in [0.29, 0.717) is 24.4 Å². The van der Waals surface area contributed by atoms with Gasteiger partial charge in [-0.15, -0.1) is 0 Å². The zero-order valence-corrected chi connectivity index (χ0v) is 8.63. The molecular weight excluding hydrogens is 209 g/mol. The Hall–Kier alpha value is -1.44. The molecule has 0 bridgehead atoms. The zero-order chi connectivity index (χ0) is 11.5. The highest BCUT2D eigenvalue weighted by molar-refractivity contribution is 6.58. The number of pyridine rings is 1. The monoisotopic (exact) mass is 221 g/mol. The minimum atomic E-state index is -1.53. The van der Waals surface area contributed by atoms with Crippen LogP contribution in [0.4, 0.5) is 5.82 Å². The van der Waals surface area contributed by atoms with Gasteiger partial charge in [-0.2, -0.15) is 0 Å². The highest BCUT2D eigenvalue weighted by Crippen LogP contribution is 2.09. The van der Waals surface area contributed by atoms with Crippen LogP contribution in [0.15, 0.2) is 18.3 Å². The molecule has 1 fully saturated rings. The smallest absolute Gasteiger partial charge is 0.423 e. The average Bonchev–Trinajstić information content (AvgIpc) is 2.30. The molecule has 0 aliphatic carbocycles. The number of hydrogen-bond acceptors (Lipinski definition) is 5. The number of anilines is 1. The summed E-state index contributed by atoms with van der Waals surface area (Å²) in [5.41, 5.74) is 0.311. The summed E-state index contributed by atoms with van der Waals surface area (Å²) in [6.07, 6.45) is 1.36. The van der Waals surface area contributed by atoms with Crippen molar-refractivity contribution in [3.8, 4) is 0 Å². The lowest BCUT2D eigenvalue weighted by atomic mass is 9.82. The molecule has 2 heterocycles. The molecule has 7 heteroatoms. The minimum absolute atomic E-state index is 0.0314. The summed E-state index contributed by atoms with van der Waals surface area (Å²) in [5.74, 6) is 0.506. The Balaban J connectivity index is 2.17. The lowest BCUT2D eigenvalue weighted by Gasteiger charge is -2.26. The summed E-state index contributed by atoms with van der Waals surface area (Å²) in [6, 6.07) is 3.15. The van der Waals surface area contributed by atoms with E-state index in [9.17, 15) is 4.79 Å². The molecule has 1 aromatic heterocycles. The van der Waals surface area contributed by atoms with Crippen LogP contribution in [0.25, 0.3) is 0 Å². The van der Waals surface area contributed by atoms with Crippen molar-refractivity contribution < 1.29 is 14.8 Å². The maximum Gasteiger partial charge on any atom is 0.490 e. The second-order valence-corrected chi connectivity index (χ2v) is 3.55. The van der Waals surface area contributed by atoms with Gasteiger partial charge in [-0.05, 0) is 6.07 Å². The van der Waals surface area contributed by atoms with Gasteiger partial charge in [0.15, 0.2) is 0 Å². The van der Waals surface area contributed by atoms with Crippen molar-refractivity contribution >= 4 is 24.3 Å². The summed E-state index contributed by atoms with van der Waals surface area (Å²) in [5, 5.41) is 20.8. The van der Waals surface area contributed by atoms with E-state index < -0.39 is 7.12 Å². The SMILES string of the molecule is O=C1CNCCN1c1ccc(B(O)O)cn1. The zero-order valence-electron chi connectivity index (χ0n) is 8.63. The van der Waals surface area contributed by atoms with E-state index in [1.54, 1.807) is 17.0 Å². The highest BCUT2D eigenvalue weighted by atomic mass is 16.4. The third-order valence-corrected chi connectivity index (χ3v) is 2.43. The van der Waals surface area contributed by atoms with Gasteiger partial charge in [0.1, 0.15) is 5.82 Å². The van der Waals surface area contributed by atoms with Crippen LogP contribution in [0.2, 0.25) is 0 Å². The maximum absolute atomic E-state index is 11.5. The molecule has 3 N–H and O–H groups in total. The average molecular weight is 221 g/mol. The Bertz CT molecular complexity index is 382. The van der Waals surface area contributed by atoms with Crippen molar-refractivity contribution in [1.82, 2.24) is 10.3 Å². The van der Waals surface area contributed by atoms with Crippen molar-refractivity contribution in [2.45, 2.75) is 0 Å². The standard InChI is InChI=1S/C9H12BN3O3/c14-9-6-11-3-4-13(9)8-2-1-7(5-12-8)10(15)16/h1-2,5,11,15-16H,3-4,6H2. The number of aromatic nitrogens is 1. The molecule has 1 saturated heterocycles. The van der Waals surface area contributed by atoms with Gasteiger partial charge in [-0.3, -0.25) is 9.69 Å². The fourth-order valence-corrected chi connectivity index (χ4v) is 1.56. The van der Waals surface area contributed by atoms with E-state index in [1.807, 2.05) is 0 Å². The molecule has 0 radical (unpaired) electrons. The quantitative estimate of drug-likeness (QED) is 0.489. The van der Waals surface area contributed by atoms with Crippen LogP contribution in [0.5, 0.6) is 0 Å². The van der Waals surface area contributed by atoms with Gasteiger partial charge in [-0.25, -0.2) is 4.98 Å². The molecule has 0 unspecified atom stereocenters. The highest BCUT2D eigenvalue weighted by Gasteiger charge is 2.20. The second-order valence-electron chi connectivity index (χ2n) is 3.55. The number of rotatable bonds is 2. The number of nitrogens with zero attached hydrogens (tertiary/aromatic N) is 2. The van der Waals surface area contributed by atoms with E-state index in [1.165, 1.54) is 6.20 Å². The first-order chi connectivity index (χ1) is 7.68. The van der Waals surface area contributed by atoms with Crippen molar-refractivity contribution in [2.75, 3.05) is 24.5 Å². The Morgan fingerprint density at radius 1 is 1.44 bits per heavy atom. The fourth-order valence-electron chi connectivity index (χ4n) is 1.56. The summed E-state index contributed by atoms with van der Waals surface area (Å²) in [7, 11) is -1.53. The Labute approximate surface area is 93.1 Å². The lowest BCUT2D eigenvalue weighted by molar-refractivity contribution is -0.118. The molecule has 1 aliphatic rings. The molecule has 1 aromatic rings. The molecule has 0 atom stereocenters. The molecule has 2 rings (SSSR count). The Morgan fingerprint density at radius 2 is 2.25 bits per heavy atom. The molecule has 1 amide bonds. The first kappa shape index (κ1) is 11.1. The van der Waals surface area contributed by atoms with Gasteiger partial charge in [0.25, 0.3) is 0 Å². The molecule has 1 aliphatic heterocycles. The molecule has 84 valence electrons. The molecule has 0 spiro atoms. The number of piperazine rings is 1. The van der Waals surface area contributed by atoms with E-state index in [-0.39, 0.29) is 5.91 Å². The van der Waals surface area contributed by atoms with Crippen LogP contribution in [0.3, 0.4) is 0 Å². The molecule has 6 nitrogen and oxygen atoms in total. The van der Waals surface area contributed by atoms with E-state index >= 15 is 0 Å². The third-order valence-electron chi connectivity index (χ3n) is 2.43. The summed E-state index contributed by atoms with van der Waals surface area (Å²) in [6.45, 7) is 1.62. The van der Waals surface area contributed by atoms with Crippen LogP contribution in [0, 0.1) is 0 Å². The van der Waals surface area contributed by atoms with Gasteiger partial charge >= 0.3 is 7.12 Å². The van der Waals surface area contributed by atoms with Gasteiger partial charge < -0.3 is 15.4 Å². The summed E-state index contributed by atoms with van der Waals surface area (Å²) >= 11 is 0. The predicted octanol–water partition coefficient (Wildman–Crippen LogP) is -2.30. The summed E-state index contributed by atoms with van der Waals surface area (Å²) in [4.78, 5) is 17.1. The van der Waals surface area contributed by atoms with Crippen LogP contribution < -0.4 is 15.7 Å². The van der Waals surface area contributed by atoms with E-state index in [2.05, 4.69) is 10.3 Å². The predicted molar refractivity (Wildman–Crippen MR) is 59.3 cm³/mol. The maximum atomic E-state index is 11.5. The van der Waals surface area contributed by atoms with Gasteiger partial charge in [-0.1, -0.05) is 6.07 Å². The van der Waals surface area contributed by atoms with Crippen molar-refractivity contribution in [3.63, 3.8) is 0 Å². The van der Waals surface area contributed by atoms with Crippen LogP contribution >= 0.6 is 0 Å². The largest absolute Gasteiger partial charge is 0.490 e. The first-order valence-corrected chi connectivity index (χ1v) is 5.01. The topological polar surface area (TPSA) is 85.7 Å². The number of hydrogen-bond donors (Lipinski definition) is 3. The van der Waals surface area contributed by atoms with Crippen LogP contribution in [-0.2, 0) is 4.79 Å². The van der Waals surface area contributed by atoms with Gasteiger partial charge in [0.2, 0.25) is 5.91 Å². The fraction of sp³-hybridized carbons (Fsp3) is 0.333. The second kappa shape index (κ2) is 4.61. The number of carbonyl (C=O) groups excluding carboxylic acids is 1. The first-order valence-electron chi connectivity index (χ1n) is 5.01. The van der Waals surface area contributed by atoms with Crippen LogP contribution in [-0.4, -0.2) is 47.7 Å². The number of nitrogens with one attached hydrogen (secondary N) is 1. The molecule has 16 heavy (non-hydrogen) atoms. The normalized spacial score (nSPS) is 16.4. The minimum Gasteiger partial charge on any atom is -0.423 e. The Morgan fingerprint density at radius 3 is 2.81 bits per heavy atom. The number of carbonyl (C=O) groups is 1. The lowest BCUT2D eigenvalue weighted by Crippen LogP contribution is -2.48. The molecule has 0 saturated carbocycles. The van der Waals surface area contributed by atoms with E-state index in [4.69, 9.17) is 10.0 Å².